The number of hydrogen-bond donors (Lipinski definition) is 3. The Morgan fingerprint density at radius 3 is 2.61 bits per heavy atom. The summed E-state index contributed by atoms with van der Waals surface area (Å²) in [5.41, 5.74) is 18.2. The second-order valence-corrected chi connectivity index (χ2v) is 8.77. The average Bonchev–Trinajstić information content (AvgIpc) is 3.11. The fraction of sp³-hybridized carbons (Fsp3) is 0.292. The first kappa shape index (κ1) is 19.5. The van der Waals surface area contributed by atoms with Gasteiger partial charge in [-0.25, -0.2) is 4.98 Å². The van der Waals surface area contributed by atoms with Gasteiger partial charge in [0.2, 0.25) is 5.95 Å². The Balaban J connectivity index is 1.31. The number of piperidine rings is 1. The van der Waals surface area contributed by atoms with E-state index >= 15 is 0 Å². The third-order valence-electron chi connectivity index (χ3n) is 6.29. The lowest BCUT2D eigenvalue weighted by atomic mass is 9.91. The molecule has 2 aliphatic rings. The second-order valence-electron chi connectivity index (χ2n) is 8.77. The molecule has 0 radical (unpaired) electrons. The highest BCUT2D eigenvalue weighted by molar-refractivity contribution is 6.07. The molecule has 3 aromatic rings. The van der Waals surface area contributed by atoms with Crippen LogP contribution in [0.5, 0.6) is 0 Å². The number of hydrogen-bond acceptors (Lipinski definition) is 6. The molecule has 7 nitrogen and oxygen atoms in total. The molecule has 7 heteroatoms. The molecule has 0 atom stereocenters. The highest BCUT2D eigenvalue weighted by Gasteiger charge is 2.27. The molecule has 31 heavy (non-hydrogen) atoms. The number of anilines is 3. The lowest BCUT2D eigenvalue weighted by molar-refractivity contribution is 0.102. The van der Waals surface area contributed by atoms with E-state index in [1.165, 1.54) is 28.5 Å². The zero-order valence-corrected chi connectivity index (χ0v) is 17.6. The van der Waals surface area contributed by atoms with E-state index in [9.17, 15) is 4.79 Å². The molecule has 2 heterocycles. The Kier molecular flexibility index (Phi) is 4.63. The van der Waals surface area contributed by atoms with Crippen LogP contribution in [0, 0.1) is 0 Å². The molecule has 5 N–H and O–H groups in total. The van der Waals surface area contributed by atoms with Crippen LogP contribution in [0.15, 0.2) is 48.7 Å². The monoisotopic (exact) mass is 414 g/mol. The van der Waals surface area contributed by atoms with Crippen molar-refractivity contribution in [1.29, 1.82) is 0 Å². The van der Waals surface area contributed by atoms with E-state index in [0.29, 0.717) is 5.95 Å². The van der Waals surface area contributed by atoms with Gasteiger partial charge in [-0.15, -0.1) is 0 Å². The van der Waals surface area contributed by atoms with Crippen LogP contribution < -0.4 is 21.7 Å². The van der Waals surface area contributed by atoms with Gasteiger partial charge in [0.25, 0.3) is 5.91 Å². The van der Waals surface area contributed by atoms with Gasteiger partial charge in [-0.05, 0) is 60.6 Å². The first-order valence-electron chi connectivity index (χ1n) is 10.6. The summed E-state index contributed by atoms with van der Waals surface area (Å²) in [6.45, 7) is 3.61. The van der Waals surface area contributed by atoms with E-state index in [2.05, 4.69) is 57.4 Å². The minimum atomic E-state index is -0.312. The van der Waals surface area contributed by atoms with E-state index < -0.39 is 0 Å². The summed E-state index contributed by atoms with van der Waals surface area (Å²) >= 11 is 0. The molecule has 1 aliphatic carbocycles. The fourth-order valence-corrected chi connectivity index (χ4v) is 4.35. The van der Waals surface area contributed by atoms with Crippen LogP contribution in [0.4, 0.5) is 17.5 Å². The number of fused-ring (bicyclic) bond motifs is 3. The number of nitrogens with two attached hydrogens (primary N) is 2. The van der Waals surface area contributed by atoms with Crippen molar-refractivity contribution in [2.45, 2.75) is 31.7 Å². The van der Waals surface area contributed by atoms with Crippen molar-refractivity contribution < 1.29 is 4.79 Å². The van der Waals surface area contributed by atoms with E-state index in [0.717, 1.165) is 38.0 Å². The van der Waals surface area contributed by atoms with E-state index in [1.54, 1.807) is 0 Å². The molecular formula is C24H26N6O. The summed E-state index contributed by atoms with van der Waals surface area (Å²) in [7, 11) is 0. The van der Waals surface area contributed by atoms with Crippen LogP contribution in [0.3, 0.4) is 0 Å². The Hall–Kier alpha value is -3.45. The number of nitrogens with zero attached hydrogens (tertiary/aromatic N) is 3. The van der Waals surface area contributed by atoms with Gasteiger partial charge in [0, 0.05) is 30.5 Å². The van der Waals surface area contributed by atoms with Gasteiger partial charge in [0.1, 0.15) is 11.4 Å². The minimum absolute atomic E-state index is 0.154. The molecule has 2 aromatic carbocycles. The lowest BCUT2D eigenvalue weighted by Crippen LogP contribution is -2.48. The standard InChI is InChI=1S/C24H26N6O/c1-24(26)8-10-30(11-9-24)23-27-14-20(21(25)29-23)22(31)28-17-6-7-19-16(13-17)12-15-4-2-3-5-18(15)19/h2-7,13-14H,8-12,26H2,1H3,(H,28,31)(H2,25,27,29). The van der Waals surface area contributed by atoms with Crippen molar-refractivity contribution in [3.05, 3.63) is 65.4 Å². The molecule has 1 aromatic heterocycles. The highest BCUT2D eigenvalue weighted by atomic mass is 16.1. The Morgan fingerprint density at radius 1 is 1.10 bits per heavy atom. The normalized spacial score (nSPS) is 16.5. The predicted octanol–water partition coefficient (Wildman–Crippen LogP) is 3.20. The van der Waals surface area contributed by atoms with Gasteiger partial charge in [0.05, 0.1) is 0 Å². The summed E-state index contributed by atoms with van der Waals surface area (Å²) in [5.74, 6) is 0.407. The Bertz CT molecular complexity index is 1160. The van der Waals surface area contributed by atoms with Gasteiger partial charge in [-0.2, -0.15) is 4.98 Å². The third-order valence-corrected chi connectivity index (χ3v) is 6.29. The molecule has 1 saturated heterocycles. The number of benzene rings is 2. The summed E-state index contributed by atoms with van der Waals surface area (Å²) in [6.07, 6.45) is 4.10. The summed E-state index contributed by atoms with van der Waals surface area (Å²) in [5, 5.41) is 2.94. The largest absolute Gasteiger partial charge is 0.383 e. The van der Waals surface area contributed by atoms with Crippen molar-refractivity contribution in [1.82, 2.24) is 9.97 Å². The van der Waals surface area contributed by atoms with Gasteiger partial charge in [0.15, 0.2) is 0 Å². The maximum absolute atomic E-state index is 12.8. The molecular weight excluding hydrogens is 388 g/mol. The maximum Gasteiger partial charge on any atom is 0.260 e. The van der Waals surface area contributed by atoms with E-state index in [-0.39, 0.29) is 22.8 Å². The SMILES string of the molecule is CC1(N)CCN(c2ncc(C(=O)Nc3ccc4c(c3)Cc3ccccc3-4)c(N)n2)CC1. The van der Waals surface area contributed by atoms with Crippen LogP contribution in [0.1, 0.15) is 41.3 Å². The highest BCUT2D eigenvalue weighted by Crippen LogP contribution is 2.37. The number of carbonyl (C=O) groups excluding carboxylic acids is 1. The molecule has 158 valence electrons. The van der Waals surface area contributed by atoms with E-state index in [4.69, 9.17) is 11.5 Å². The maximum atomic E-state index is 12.8. The predicted molar refractivity (Wildman–Crippen MR) is 123 cm³/mol. The number of nitrogens with one attached hydrogen (secondary N) is 1. The molecule has 5 rings (SSSR count). The van der Waals surface area contributed by atoms with Crippen LogP contribution in [0.25, 0.3) is 11.1 Å². The van der Waals surface area contributed by atoms with Gasteiger partial charge in [-0.3, -0.25) is 4.79 Å². The first-order valence-corrected chi connectivity index (χ1v) is 10.6. The fourth-order valence-electron chi connectivity index (χ4n) is 4.35. The van der Waals surface area contributed by atoms with Gasteiger partial charge >= 0.3 is 0 Å². The van der Waals surface area contributed by atoms with Crippen molar-refractivity contribution in [3.8, 4) is 11.1 Å². The molecule has 1 amide bonds. The van der Waals surface area contributed by atoms with Crippen molar-refractivity contribution >= 4 is 23.4 Å². The molecule has 1 fully saturated rings. The second kappa shape index (κ2) is 7.35. The van der Waals surface area contributed by atoms with Crippen LogP contribution in [-0.4, -0.2) is 34.5 Å². The molecule has 0 bridgehead atoms. The molecule has 0 unspecified atom stereocenters. The summed E-state index contributed by atoms with van der Waals surface area (Å²) in [4.78, 5) is 23.7. The van der Waals surface area contributed by atoms with Crippen molar-refractivity contribution in [2.24, 2.45) is 5.73 Å². The smallest absolute Gasteiger partial charge is 0.260 e. The molecule has 0 saturated carbocycles. The minimum Gasteiger partial charge on any atom is -0.383 e. The first-order chi connectivity index (χ1) is 14.9. The number of nitrogen functional groups attached to an aromatic ring is 1. The van der Waals surface area contributed by atoms with Crippen molar-refractivity contribution in [2.75, 3.05) is 29.0 Å². The molecule has 0 spiro atoms. The zero-order valence-electron chi connectivity index (χ0n) is 17.6. The zero-order chi connectivity index (χ0) is 21.6. The van der Waals surface area contributed by atoms with Crippen LogP contribution in [0.2, 0.25) is 0 Å². The van der Waals surface area contributed by atoms with Crippen LogP contribution >= 0.6 is 0 Å². The topological polar surface area (TPSA) is 110 Å². The number of aromatic nitrogens is 2. The summed E-state index contributed by atoms with van der Waals surface area (Å²) < 4.78 is 0. The van der Waals surface area contributed by atoms with Gasteiger partial charge < -0.3 is 21.7 Å². The van der Waals surface area contributed by atoms with Crippen LogP contribution in [-0.2, 0) is 6.42 Å². The van der Waals surface area contributed by atoms with Gasteiger partial charge in [-0.1, -0.05) is 30.3 Å². The Labute approximate surface area is 181 Å². The number of amides is 1. The third kappa shape index (κ3) is 3.72. The summed E-state index contributed by atoms with van der Waals surface area (Å²) in [6, 6.07) is 14.4. The molecule has 1 aliphatic heterocycles. The van der Waals surface area contributed by atoms with E-state index in [1.807, 2.05) is 12.1 Å². The van der Waals surface area contributed by atoms with Crippen molar-refractivity contribution in [3.63, 3.8) is 0 Å². The quantitative estimate of drug-likeness (QED) is 0.475. The number of rotatable bonds is 3. The number of carbonyl (C=O) groups is 1. The Morgan fingerprint density at radius 2 is 1.84 bits per heavy atom. The average molecular weight is 415 g/mol. The lowest BCUT2D eigenvalue weighted by Gasteiger charge is -2.36.